The highest BCUT2D eigenvalue weighted by Crippen LogP contribution is 2.22. The monoisotopic (exact) mass is 271 g/mol. The van der Waals surface area contributed by atoms with Crippen LogP contribution in [0.5, 0.6) is 0 Å². The standard InChI is InChI=1S/C9H21N3O2S.ClH/c1-8-5-9(2)7-12(6-8)15(13,14)11-4-3-10;/h8-9,11H,3-7,10H2,1-2H3;1H. The zero-order valence-electron chi connectivity index (χ0n) is 9.85. The fraction of sp³-hybridized carbons (Fsp3) is 1.00. The van der Waals surface area contributed by atoms with E-state index in [4.69, 9.17) is 5.73 Å². The summed E-state index contributed by atoms with van der Waals surface area (Å²) in [5.74, 6) is 0.867. The predicted octanol–water partition coefficient (Wildman–Crippen LogP) is 0.179. The quantitative estimate of drug-likeness (QED) is 0.766. The third kappa shape index (κ3) is 4.55. The first-order valence-corrected chi connectivity index (χ1v) is 6.84. The number of nitrogens with one attached hydrogen (secondary N) is 1. The summed E-state index contributed by atoms with van der Waals surface area (Å²) >= 11 is 0. The Morgan fingerprint density at radius 1 is 1.31 bits per heavy atom. The van der Waals surface area contributed by atoms with Crippen molar-refractivity contribution in [2.75, 3.05) is 26.2 Å². The van der Waals surface area contributed by atoms with E-state index in [1.807, 2.05) is 0 Å². The Morgan fingerprint density at radius 3 is 2.25 bits per heavy atom. The average Bonchev–Trinajstić information content (AvgIpc) is 2.13. The molecule has 2 unspecified atom stereocenters. The number of halogens is 1. The van der Waals surface area contributed by atoms with Gasteiger partial charge in [0.2, 0.25) is 0 Å². The lowest BCUT2D eigenvalue weighted by molar-refractivity contribution is 0.220. The molecule has 0 aromatic rings. The van der Waals surface area contributed by atoms with E-state index < -0.39 is 10.2 Å². The summed E-state index contributed by atoms with van der Waals surface area (Å²) in [4.78, 5) is 0. The summed E-state index contributed by atoms with van der Waals surface area (Å²) < 4.78 is 27.6. The van der Waals surface area contributed by atoms with Gasteiger partial charge in [0.05, 0.1) is 0 Å². The van der Waals surface area contributed by atoms with Crippen molar-refractivity contribution >= 4 is 22.6 Å². The van der Waals surface area contributed by atoms with Crippen LogP contribution < -0.4 is 10.5 Å². The third-order valence-electron chi connectivity index (χ3n) is 2.60. The van der Waals surface area contributed by atoms with Crippen LogP contribution in [0.2, 0.25) is 0 Å². The van der Waals surface area contributed by atoms with Gasteiger partial charge in [-0.05, 0) is 18.3 Å². The number of hydrogen-bond donors (Lipinski definition) is 2. The molecule has 1 heterocycles. The first-order chi connectivity index (χ1) is 6.95. The summed E-state index contributed by atoms with van der Waals surface area (Å²) in [5, 5.41) is 0. The second-order valence-electron chi connectivity index (χ2n) is 4.45. The molecule has 1 aliphatic heterocycles. The predicted molar refractivity (Wildman–Crippen MR) is 67.7 cm³/mol. The van der Waals surface area contributed by atoms with Gasteiger partial charge in [0, 0.05) is 26.2 Å². The van der Waals surface area contributed by atoms with Crippen molar-refractivity contribution in [2.24, 2.45) is 17.6 Å². The molecule has 1 aliphatic rings. The lowest BCUT2D eigenvalue weighted by Crippen LogP contribution is -2.48. The fourth-order valence-electron chi connectivity index (χ4n) is 2.08. The lowest BCUT2D eigenvalue weighted by atomic mass is 9.94. The first kappa shape index (κ1) is 16.1. The molecule has 1 rings (SSSR count). The van der Waals surface area contributed by atoms with E-state index in [1.165, 1.54) is 4.31 Å². The van der Waals surface area contributed by atoms with Gasteiger partial charge in [0.1, 0.15) is 0 Å². The Morgan fingerprint density at radius 2 is 1.81 bits per heavy atom. The van der Waals surface area contributed by atoms with E-state index in [9.17, 15) is 8.42 Å². The number of nitrogens with zero attached hydrogens (tertiary/aromatic N) is 1. The molecule has 0 amide bonds. The van der Waals surface area contributed by atoms with Gasteiger partial charge in [-0.2, -0.15) is 12.7 Å². The highest BCUT2D eigenvalue weighted by Gasteiger charge is 2.29. The molecule has 0 aromatic heterocycles. The molecule has 0 radical (unpaired) electrons. The number of hydrogen-bond acceptors (Lipinski definition) is 3. The largest absolute Gasteiger partial charge is 0.329 e. The van der Waals surface area contributed by atoms with Gasteiger partial charge in [0.15, 0.2) is 0 Å². The molecule has 0 aliphatic carbocycles. The summed E-state index contributed by atoms with van der Waals surface area (Å²) in [6.45, 7) is 6.04. The molecule has 1 fully saturated rings. The van der Waals surface area contributed by atoms with Crippen LogP contribution >= 0.6 is 12.4 Å². The Balaban J connectivity index is 0.00000225. The summed E-state index contributed by atoms with van der Waals surface area (Å²) in [5.41, 5.74) is 5.27. The Labute approximate surface area is 104 Å². The zero-order chi connectivity index (χ0) is 11.5. The van der Waals surface area contributed by atoms with Gasteiger partial charge in [-0.15, -0.1) is 12.4 Å². The second-order valence-corrected chi connectivity index (χ2v) is 6.21. The topological polar surface area (TPSA) is 75.4 Å². The van der Waals surface area contributed by atoms with Crippen molar-refractivity contribution in [1.29, 1.82) is 0 Å². The molecule has 5 nitrogen and oxygen atoms in total. The maximum absolute atomic E-state index is 11.8. The van der Waals surface area contributed by atoms with E-state index >= 15 is 0 Å². The fourth-order valence-corrected chi connectivity index (χ4v) is 3.54. The Hall–Kier alpha value is 0.120. The SMILES string of the molecule is CC1CC(C)CN(S(=O)(=O)NCCN)C1.Cl. The van der Waals surface area contributed by atoms with Crippen LogP contribution in [0.15, 0.2) is 0 Å². The zero-order valence-corrected chi connectivity index (χ0v) is 11.5. The van der Waals surface area contributed by atoms with Crippen LogP contribution in [0.4, 0.5) is 0 Å². The maximum atomic E-state index is 11.8. The summed E-state index contributed by atoms with van der Waals surface area (Å²) in [7, 11) is -3.31. The molecule has 0 bridgehead atoms. The van der Waals surface area contributed by atoms with Gasteiger partial charge in [-0.25, -0.2) is 4.72 Å². The Kier molecular flexibility index (Phi) is 6.81. The lowest BCUT2D eigenvalue weighted by Gasteiger charge is -2.33. The molecule has 7 heteroatoms. The number of nitrogens with two attached hydrogens (primary N) is 1. The van der Waals surface area contributed by atoms with Crippen molar-refractivity contribution in [3.8, 4) is 0 Å². The molecule has 0 aromatic carbocycles. The number of rotatable bonds is 4. The van der Waals surface area contributed by atoms with Crippen molar-refractivity contribution in [1.82, 2.24) is 9.03 Å². The van der Waals surface area contributed by atoms with Crippen LogP contribution in [0.1, 0.15) is 20.3 Å². The minimum absolute atomic E-state index is 0. The summed E-state index contributed by atoms with van der Waals surface area (Å²) in [6, 6.07) is 0. The van der Waals surface area contributed by atoms with Crippen molar-refractivity contribution in [3.05, 3.63) is 0 Å². The van der Waals surface area contributed by atoms with Crippen molar-refractivity contribution in [2.45, 2.75) is 20.3 Å². The van der Waals surface area contributed by atoms with Crippen LogP contribution in [0, 0.1) is 11.8 Å². The summed E-state index contributed by atoms with van der Waals surface area (Å²) in [6.07, 6.45) is 1.10. The van der Waals surface area contributed by atoms with E-state index in [0.29, 0.717) is 38.0 Å². The maximum Gasteiger partial charge on any atom is 0.279 e. The van der Waals surface area contributed by atoms with Gasteiger partial charge >= 0.3 is 0 Å². The minimum atomic E-state index is -3.31. The second kappa shape index (κ2) is 6.76. The van der Waals surface area contributed by atoms with E-state index in [0.717, 1.165) is 6.42 Å². The van der Waals surface area contributed by atoms with Gasteiger partial charge in [-0.3, -0.25) is 0 Å². The molecular formula is C9H22ClN3O2S. The molecule has 16 heavy (non-hydrogen) atoms. The minimum Gasteiger partial charge on any atom is -0.329 e. The Bertz CT molecular complexity index is 287. The van der Waals surface area contributed by atoms with E-state index in [1.54, 1.807) is 0 Å². The van der Waals surface area contributed by atoms with Crippen LogP contribution in [0.3, 0.4) is 0 Å². The molecule has 98 valence electrons. The van der Waals surface area contributed by atoms with Crippen LogP contribution in [0.25, 0.3) is 0 Å². The van der Waals surface area contributed by atoms with Gasteiger partial charge in [0.25, 0.3) is 10.2 Å². The highest BCUT2D eigenvalue weighted by atomic mass is 35.5. The van der Waals surface area contributed by atoms with Gasteiger partial charge < -0.3 is 5.73 Å². The third-order valence-corrected chi connectivity index (χ3v) is 4.15. The van der Waals surface area contributed by atoms with Crippen LogP contribution in [-0.2, 0) is 10.2 Å². The average molecular weight is 272 g/mol. The molecule has 0 saturated carbocycles. The molecule has 0 spiro atoms. The number of piperidine rings is 1. The highest BCUT2D eigenvalue weighted by molar-refractivity contribution is 7.87. The molecule has 2 atom stereocenters. The smallest absolute Gasteiger partial charge is 0.279 e. The molecule has 1 saturated heterocycles. The normalized spacial score (nSPS) is 27.4. The first-order valence-electron chi connectivity index (χ1n) is 5.40. The van der Waals surface area contributed by atoms with Crippen molar-refractivity contribution in [3.63, 3.8) is 0 Å². The van der Waals surface area contributed by atoms with Crippen LogP contribution in [-0.4, -0.2) is 38.9 Å². The molecule has 3 N–H and O–H groups in total. The van der Waals surface area contributed by atoms with E-state index in [-0.39, 0.29) is 12.4 Å². The van der Waals surface area contributed by atoms with Crippen molar-refractivity contribution < 1.29 is 8.42 Å². The van der Waals surface area contributed by atoms with E-state index in [2.05, 4.69) is 18.6 Å². The van der Waals surface area contributed by atoms with Gasteiger partial charge in [-0.1, -0.05) is 13.8 Å². The molecular weight excluding hydrogens is 250 g/mol.